The Hall–Kier alpha value is -1.95. The molecule has 0 radical (unpaired) electrons. The number of aryl methyl sites for hydroxylation is 1. The van der Waals surface area contributed by atoms with E-state index < -0.39 is 5.97 Å². The molecule has 0 aliphatic carbocycles. The first-order valence-electron chi connectivity index (χ1n) is 5.78. The van der Waals surface area contributed by atoms with Crippen molar-refractivity contribution in [3.63, 3.8) is 0 Å². The number of methoxy groups -OCH3 is 1. The molecule has 1 aromatic heterocycles. The number of nitrogens with zero attached hydrogens (tertiary/aromatic N) is 3. The van der Waals surface area contributed by atoms with E-state index in [1.165, 1.54) is 6.07 Å². The van der Waals surface area contributed by atoms with Crippen LogP contribution in [0.2, 0.25) is 0 Å². The molecule has 0 fully saturated rings. The molecular formula is C12H15N3O3. The number of hydrogen-bond acceptors (Lipinski definition) is 4. The molecule has 0 aliphatic rings. The van der Waals surface area contributed by atoms with E-state index in [9.17, 15) is 4.79 Å². The topological polar surface area (TPSA) is 77.2 Å². The van der Waals surface area contributed by atoms with Crippen LogP contribution in [0.3, 0.4) is 0 Å². The summed E-state index contributed by atoms with van der Waals surface area (Å²) in [6.07, 6.45) is 1.86. The summed E-state index contributed by atoms with van der Waals surface area (Å²) >= 11 is 0. The zero-order chi connectivity index (χ0) is 13.0. The monoisotopic (exact) mass is 249 g/mol. The SMILES string of the molecule is COCCCCn1nnc2c(C(=O)O)cccc21. The van der Waals surface area contributed by atoms with Gasteiger partial charge < -0.3 is 9.84 Å². The summed E-state index contributed by atoms with van der Waals surface area (Å²) in [5, 5.41) is 17.0. The third-order valence-corrected chi connectivity index (χ3v) is 2.74. The second kappa shape index (κ2) is 5.59. The van der Waals surface area contributed by atoms with Crippen LogP contribution in [0.25, 0.3) is 11.0 Å². The molecule has 2 rings (SSSR count). The van der Waals surface area contributed by atoms with Crippen LogP contribution in [0.15, 0.2) is 18.2 Å². The van der Waals surface area contributed by atoms with Crippen LogP contribution in [0, 0.1) is 0 Å². The van der Waals surface area contributed by atoms with Gasteiger partial charge in [0.05, 0.1) is 11.1 Å². The lowest BCUT2D eigenvalue weighted by molar-refractivity contribution is 0.0699. The van der Waals surface area contributed by atoms with Gasteiger partial charge in [-0.25, -0.2) is 9.48 Å². The Morgan fingerprint density at radius 2 is 2.28 bits per heavy atom. The first-order chi connectivity index (χ1) is 8.74. The highest BCUT2D eigenvalue weighted by atomic mass is 16.5. The Balaban J connectivity index is 2.20. The minimum Gasteiger partial charge on any atom is -0.478 e. The standard InChI is InChI=1S/C12H15N3O3/c1-18-8-3-2-7-15-10-6-4-5-9(12(16)17)11(10)13-14-15/h4-6H,2-3,7-8H2,1H3,(H,16,17). The molecular weight excluding hydrogens is 234 g/mol. The van der Waals surface area contributed by atoms with E-state index in [1.54, 1.807) is 17.9 Å². The highest BCUT2D eigenvalue weighted by Gasteiger charge is 2.13. The molecule has 1 N–H and O–H groups in total. The molecule has 2 aromatic rings. The predicted molar refractivity (Wildman–Crippen MR) is 65.6 cm³/mol. The van der Waals surface area contributed by atoms with E-state index in [0.717, 1.165) is 18.4 Å². The Morgan fingerprint density at radius 1 is 1.44 bits per heavy atom. The van der Waals surface area contributed by atoms with Crippen LogP contribution < -0.4 is 0 Å². The lowest BCUT2D eigenvalue weighted by atomic mass is 10.2. The van der Waals surface area contributed by atoms with E-state index in [4.69, 9.17) is 9.84 Å². The van der Waals surface area contributed by atoms with Crippen molar-refractivity contribution in [2.24, 2.45) is 0 Å². The molecule has 6 heteroatoms. The van der Waals surface area contributed by atoms with E-state index >= 15 is 0 Å². The Labute approximate surface area is 104 Å². The van der Waals surface area contributed by atoms with Crippen LogP contribution in [0.5, 0.6) is 0 Å². The zero-order valence-electron chi connectivity index (χ0n) is 10.2. The third-order valence-electron chi connectivity index (χ3n) is 2.74. The summed E-state index contributed by atoms with van der Waals surface area (Å²) in [5.41, 5.74) is 1.39. The van der Waals surface area contributed by atoms with Crippen LogP contribution in [-0.4, -0.2) is 39.8 Å². The first kappa shape index (κ1) is 12.5. The molecule has 0 aliphatic heterocycles. The van der Waals surface area contributed by atoms with E-state index in [2.05, 4.69) is 10.3 Å². The summed E-state index contributed by atoms with van der Waals surface area (Å²) in [6, 6.07) is 5.08. The highest BCUT2D eigenvalue weighted by molar-refractivity contribution is 6.00. The maximum absolute atomic E-state index is 11.0. The quantitative estimate of drug-likeness (QED) is 0.786. The molecule has 1 heterocycles. The van der Waals surface area contributed by atoms with Crippen LogP contribution >= 0.6 is 0 Å². The summed E-state index contributed by atoms with van der Waals surface area (Å²) < 4.78 is 6.71. The number of aromatic nitrogens is 3. The fourth-order valence-electron chi connectivity index (χ4n) is 1.84. The number of carbonyl (C=O) groups is 1. The number of unbranched alkanes of at least 4 members (excludes halogenated alkanes) is 1. The normalized spacial score (nSPS) is 10.9. The molecule has 96 valence electrons. The van der Waals surface area contributed by atoms with Crippen molar-refractivity contribution in [3.8, 4) is 0 Å². The van der Waals surface area contributed by atoms with Crippen molar-refractivity contribution < 1.29 is 14.6 Å². The number of benzene rings is 1. The smallest absolute Gasteiger partial charge is 0.338 e. The van der Waals surface area contributed by atoms with Gasteiger partial charge in [0.1, 0.15) is 5.52 Å². The predicted octanol–water partition coefficient (Wildman–Crippen LogP) is 1.56. The fourth-order valence-corrected chi connectivity index (χ4v) is 1.84. The van der Waals surface area contributed by atoms with Gasteiger partial charge >= 0.3 is 5.97 Å². The first-order valence-corrected chi connectivity index (χ1v) is 5.78. The zero-order valence-corrected chi connectivity index (χ0v) is 10.2. The summed E-state index contributed by atoms with van der Waals surface area (Å²) in [4.78, 5) is 11.0. The van der Waals surface area contributed by atoms with Crippen molar-refractivity contribution >= 4 is 17.0 Å². The van der Waals surface area contributed by atoms with Gasteiger partial charge in [-0.05, 0) is 25.0 Å². The van der Waals surface area contributed by atoms with Gasteiger partial charge in [-0.3, -0.25) is 0 Å². The lowest BCUT2D eigenvalue weighted by Gasteiger charge is -2.02. The lowest BCUT2D eigenvalue weighted by Crippen LogP contribution is -2.02. The number of carboxylic acids is 1. The van der Waals surface area contributed by atoms with Gasteiger partial charge in [-0.15, -0.1) is 5.10 Å². The van der Waals surface area contributed by atoms with Crippen molar-refractivity contribution in [2.45, 2.75) is 19.4 Å². The van der Waals surface area contributed by atoms with E-state index in [-0.39, 0.29) is 5.56 Å². The summed E-state index contributed by atoms with van der Waals surface area (Å²) in [6.45, 7) is 1.43. The van der Waals surface area contributed by atoms with Gasteiger partial charge in [0, 0.05) is 20.3 Å². The molecule has 0 saturated carbocycles. The van der Waals surface area contributed by atoms with Crippen molar-refractivity contribution in [1.29, 1.82) is 0 Å². The largest absolute Gasteiger partial charge is 0.478 e. The Morgan fingerprint density at radius 3 is 3.00 bits per heavy atom. The summed E-state index contributed by atoms with van der Waals surface area (Å²) in [7, 11) is 1.67. The molecule has 0 spiro atoms. The van der Waals surface area contributed by atoms with Crippen LogP contribution in [0.1, 0.15) is 23.2 Å². The van der Waals surface area contributed by atoms with Gasteiger partial charge in [0.15, 0.2) is 0 Å². The van der Waals surface area contributed by atoms with Crippen molar-refractivity contribution in [3.05, 3.63) is 23.8 Å². The van der Waals surface area contributed by atoms with Crippen LogP contribution in [-0.2, 0) is 11.3 Å². The van der Waals surface area contributed by atoms with Gasteiger partial charge in [-0.1, -0.05) is 11.3 Å². The van der Waals surface area contributed by atoms with Gasteiger partial charge in [-0.2, -0.15) is 0 Å². The maximum atomic E-state index is 11.0. The average molecular weight is 249 g/mol. The van der Waals surface area contributed by atoms with Crippen molar-refractivity contribution in [2.75, 3.05) is 13.7 Å². The number of rotatable bonds is 6. The molecule has 18 heavy (non-hydrogen) atoms. The molecule has 0 unspecified atom stereocenters. The Bertz CT molecular complexity index is 550. The van der Waals surface area contributed by atoms with Gasteiger partial charge in [0.25, 0.3) is 0 Å². The maximum Gasteiger partial charge on any atom is 0.338 e. The molecule has 6 nitrogen and oxygen atoms in total. The molecule has 0 atom stereocenters. The van der Waals surface area contributed by atoms with Crippen molar-refractivity contribution in [1.82, 2.24) is 15.0 Å². The number of fused-ring (bicyclic) bond motifs is 1. The number of hydrogen-bond donors (Lipinski definition) is 1. The molecule has 0 saturated heterocycles. The van der Waals surface area contributed by atoms with Crippen LogP contribution in [0.4, 0.5) is 0 Å². The second-order valence-corrected chi connectivity index (χ2v) is 3.99. The minimum absolute atomic E-state index is 0.190. The number of carboxylic acid groups (broad SMARTS) is 1. The van der Waals surface area contributed by atoms with Gasteiger partial charge in [0.2, 0.25) is 0 Å². The fraction of sp³-hybridized carbons (Fsp3) is 0.417. The highest BCUT2D eigenvalue weighted by Crippen LogP contribution is 2.16. The molecule has 0 bridgehead atoms. The molecule has 0 amide bonds. The van der Waals surface area contributed by atoms with E-state index in [1.807, 2.05) is 6.07 Å². The number of ether oxygens (including phenoxy) is 1. The van der Waals surface area contributed by atoms with E-state index in [0.29, 0.717) is 18.7 Å². The second-order valence-electron chi connectivity index (χ2n) is 3.99. The Kier molecular flexibility index (Phi) is 3.88. The minimum atomic E-state index is -0.980. The molecule has 1 aromatic carbocycles. The number of aromatic carboxylic acids is 1. The third kappa shape index (κ3) is 2.48. The summed E-state index contributed by atoms with van der Waals surface area (Å²) in [5.74, 6) is -0.980. The average Bonchev–Trinajstić information content (AvgIpc) is 2.77.